The molecule has 0 aromatic heterocycles. The molecule has 1 aromatic rings. The van der Waals surface area contributed by atoms with Crippen molar-refractivity contribution >= 4 is 11.9 Å². The van der Waals surface area contributed by atoms with E-state index < -0.39 is 0 Å². The van der Waals surface area contributed by atoms with E-state index in [0.717, 1.165) is 43.6 Å². The summed E-state index contributed by atoms with van der Waals surface area (Å²) >= 11 is 0. The molecule has 0 bridgehead atoms. The van der Waals surface area contributed by atoms with E-state index in [9.17, 15) is 9.59 Å². The van der Waals surface area contributed by atoms with Crippen molar-refractivity contribution in [2.75, 3.05) is 26.2 Å². The van der Waals surface area contributed by atoms with E-state index in [2.05, 4.69) is 16.7 Å². The zero-order valence-electron chi connectivity index (χ0n) is 16.5. The van der Waals surface area contributed by atoms with E-state index in [-0.39, 0.29) is 11.9 Å². The van der Waals surface area contributed by atoms with Crippen molar-refractivity contribution < 1.29 is 9.59 Å². The molecule has 0 radical (unpaired) electrons. The Bertz CT molecular complexity index is 640. The molecule has 5 nitrogen and oxygen atoms in total. The minimum absolute atomic E-state index is 0.0172. The average Bonchev–Trinajstić information content (AvgIpc) is 2.73. The molecule has 1 aliphatic heterocycles. The van der Waals surface area contributed by atoms with Gasteiger partial charge in [-0.25, -0.2) is 4.79 Å². The maximum absolute atomic E-state index is 12.6. The number of nitrogens with one attached hydrogen (secondary N) is 2. The van der Waals surface area contributed by atoms with Crippen molar-refractivity contribution in [3.63, 3.8) is 0 Å². The number of rotatable bonds is 5. The average molecular weight is 372 g/mol. The summed E-state index contributed by atoms with van der Waals surface area (Å²) in [5, 5.41) is 6.02. The number of benzene rings is 1. The van der Waals surface area contributed by atoms with Gasteiger partial charge in [-0.2, -0.15) is 0 Å². The first kappa shape index (κ1) is 19.7. The molecule has 1 saturated carbocycles. The molecule has 1 aliphatic carbocycles. The summed E-state index contributed by atoms with van der Waals surface area (Å²) in [6.45, 7) is 4.91. The molecule has 27 heavy (non-hydrogen) atoms. The zero-order valence-corrected chi connectivity index (χ0v) is 16.5. The maximum Gasteiger partial charge on any atom is 0.317 e. The van der Waals surface area contributed by atoms with Crippen molar-refractivity contribution in [1.29, 1.82) is 0 Å². The number of nitrogens with zero attached hydrogens (tertiary/aromatic N) is 1. The minimum atomic E-state index is 0.0172. The molecule has 148 valence electrons. The van der Waals surface area contributed by atoms with Gasteiger partial charge < -0.3 is 15.5 Å². The summed E-state index contributed by atoms with van der Waals surface area (Å²) in [4.78, 5) is 26.6. The smallest absolute Gasteiger partial charge is 0.317 e. The second kappa shape index (κ2) is 9.77. The highest BCUT2D eigenvalue weighted by Gasteiger charge is 2.25. The SMILES string of the molecule is CCNC(=O)N1CCC[C@H](c2cccc(C(=O)NCC3CCCCC3)c2)C1. The Kier molecular flexibility index (Phi) is 7.13. The van der Waals surface area contributed by atoms with Gasteiger partial charge in [0.2, 0.25) is 0 Å². The Balaban J connectivity index is 1.59. The fourth-order valence-electron chi connectivity index (χ4n) is 4.36. The third-order valence-electron chi connectivity index (χ3n) is 5.93. The second-order valence-electron chi connectivity index (χ2n) is 7.96. The van der Waals surface area contributed by atoms with Crippen LogP contribution in [0.5, 0.6) is 0 Å². The van der Waals surface area contributed by atoms with Gasteiger partial charge in [-0.1, -0.05) is 31.4 Å². The number of carbonyl (C=O) groups excluding carboxylic acids is 2. The Morgan fingerprint density at radius 1 is 1.07 bits per heavy atom. The first-order chi connectivity index (χ1) is 13.2. The van der Waals surface area contributed by atoms with E-state index in [4.69, 9.17) is 0 Å². The van der Waals surface area contributed by atoms with Crippen LogP contribution in [0.3, 0.4) is 0 Å². The fraction of sp³-hybridized carbons (Fsp3) is 0.636. The zero-order chi connectivity index (χ0) is 19.1. The van der Waals surface area contributed by atoms with E-state index in [1.165, 1.54) is 32.1 Å². The molecule has 1 heterocycles. The second-order valence-corrected chi connectivity index (χ2v) is 7.96. The molecule has 1 saturated heterocycles. The highest BCUT2D eigenvalue weighted by Crippen LogP contribution is 2.28. The number of piperidine rings is 1. The number of urea groups is 1. The Labute approximate surface area is 162 Å². The molecule has 1 atom stereocenters. The standard InChI is InChI=1S/C22H33N3O2/c1-2-23-22(27)25-13-7-12-20(16-25)18-10-6-11-19(14-18)21(26)24-15-17-8-4-3-5-9-17/h6,10-11,14,17,20H,2-5,7-9,12-13,15-16H2,1H3,(H,23,27)(H,24,26)/t20-/m0/s1. The van der Waals surface area contributed by atoms with Crippen molar-refractivity contribution in [2.45, 2.75) is 57.8 Å². The van der Waals surface area contributed by atoms with Crippen LogP contribution in [-0.4, -0.2) is 43.0 Å². The highest BCUT2D eigenvalue weighted by atomic mass is 16.2. The van der Waals surface area contributed by atoms with Crippen molar-refractivity contribution in [1.82, 2.24) is 15.5 Å². The third-order valence-corrected chi connectivity index (χ3v) is 5.93. The summed E-state index contributed by atoms with van der Waals surface area (Å²) < 4.78 is 0. The maximum atomic E-state index is 12.6. The first-order valence-electron chi connectivity index (χ1n) is 10.6. The van der Waals surface area contributed by atoms with Crippen molar-refractivity contribution in [3.8, 4) is 0 Å². The summed E-state index contributed by atoms with van der Waals surface area (Å²) in [5.74, 6) is 0.959. The number of amides is 3. The highest BCUT2D eigenvalue weighted by molar-refractivity contribution is 5.94. The predicted octanol–water partition coefficient (Wildman–Crippen LogP) is 3.91. The molecule has 2 N–H and O–H groups in total. The molecule has 2 aliphatic rings. The van der Waals surface area contributed by atoms with Gasteiger partial charge in [-0.15, -0.1) is 0 Å². The van der Waals surface area contributed by atoms with Crippen LogP contribution in [0.1, 0.15) is 73.7 Å². The van der Waals surface area contributed by atoms with Gasteiger partial charge in [0.25, 0.3) is 5.91 Å². The molecular formula is C22H33N3O2. The Morgan fingerprint density at radius 3 is 2.67 bits per heavy atom. The largest absolute Gasteiger partial charge is 0.352 e. The normalized spacial score (nSPS) is 20.9. The van der Waals surface area contributed by atoms with Gasteiger partial charge >= 0.3 is 6.03 Å². The monoisotopic (exact) mass is 371 g/mol. The third kappa shape index (κ3) is 5.47. The van der Waals surface area contributed by atoms with Crippen LogP contribution in [0.25, 0.3) is 0 Å². The van der Waals surface area contributed by atoms with Crippen LogP contribution in [0.15, 0.2) is 24.3 Å². The lowest BCUT2D eigenvalue weighted by Crippen LogP contribution is -2.44. The van der Waals surface area contributed by atoms with Gasteiger partial charge in [-0.05, 0) is 56.2 Å². The van der Waals surface area contributed by atoms with Crippen molar-refractivity contribution in [2.24, 2.45) is 5.92 Å². The van der Waals surface area contributed by atoms with E-state index in [0.29, 0.717) is 18.4 Å². The van der Waals surface area contributed by atoms with Crippen molar-refractivity contribution in [3.05, 3.63) is 35.4 Å². The van der Waals surface area contributed by atoms with Crippen LogP contribution < -0.4 is 10.6 Å². The molecule has 5 heteroatoms. The Morgan fingerprint density at radius 2 is 1.89 bits per heavy atom. The van der Waals surface area contributed by atoms with Crippen LogP contribution >= 0.6 is 0 Å². The quantitative estimate of drug-likeness (QED) is 0.824. The first-order valence-corrected chi connectivity index (χ1v) is 10.6. The molecule has 3 amide bonds. The molecule has 1 aromatic carbocycles. The van der Waals surface area contributed by atoms with Gasteiger partial charge in [0.1, 0.15) is 0 Å². The topological polar surface area (TPSA) is 61.4 Å². The van der Waals surface area contributed by atoms with Crippen LogP contribution in [-0.2, 0) is 0 Å². The van der Waals surface area contributed by atoms with Gasteiger partial charge in [0, 0.05) is 37.7 Å². The van der Waals surface area contributed by atoms with Gasteiger partial charge in [0.15, 0.2) is 0 Å². The van der Waals surface area contributed by atoms with E-state index in [1.54, 1.807) is 0 Å². The summed E-state index contributed by atoms with van der Waals surface area (Å²) in [6.07, 6.45) is 8.44. The number of hydrogen-bond donors (Lipinski definition) is 2. The lowest BCUT2D eigenvalue weighted by molar-refractivity contribution is 0.0943. The fourth-order valence-corrected chi connectivity index (χ4v) is 4.36. The lowest BCUT2D eigenvalue weighted by Gasteiger charge is -2.33. The molecular weight excluding hydrogens is 338 g/mol. The lowest BCUT2D eigenvalue weighted by atomic mass is 9.89. The van der Waals surface area contributed by atoms with Crippen LogP contribution in [0, 0.1) is 5.92 Å². The molecule has 3 rings (SSSR count). The van der Waals surface area contributed by atoms with E-state index in [1.807, 2.05) is 30.0 Å². The summed E-state index contributed by atoms with van der Waals surface area (Å²) in [6, 6.07) is 7.98. The van der Waals surface area contributed by atoms with Crippen LogP contribution in [0.4, 0.5) is 4.79 Å². The minimum Gasteiger partial charge on any atom is -0.352 e. The van der Waals surface area contributed by atoms with Crippen LogP contribution in [0.2, 0.25) is 0 Å². The van der Waals surface area contributed by atoms with Gasteiger partial charge in [-0.3, -0.25) is 4.79 Å². The number of likely N-dealkylation sites (tertiary alicyclic amines) is 1. The predicted molar refractivity (Wildman–Crippen MR) is 108 cm³/mol. The molecule has 0 unspecified atom stereocenters. The number of hydrogen-bond acceptors (Lipinski definition) is 2. The summed E-state index contributed by atoms with van der Waals surface area (Å²) in [5.41, 5.74) is 1.90. The summed E-state index contributed by atoms with van der Waals surface area (Å²) in [7, 11) is 0. The van der Waals surface area contributed by atoms with Gasteiger partial charge in [0.05, 0.1) is 0 Å². The Hall–Kier alpha value is -2.04. The van der Waals surface area contributed by atoms with E-state index >= 15 is 0 Å². The molecule has 2 fully saturated rings. The number of carbonyl (C=O) groups is 2. The molecule has 0 spiro atoms.